The van der Waals surface area contributed by atoms with Crippen LogP contribution >= 0.6 is 0 Å². The molecule has 1 amide bonds. The third-order valence-corrected chi connectivity index (χ3v) is 6.47. The Labute approximate surface area is 221 Å². The molecule has 0 bridgehead atoms. The molecule has 198 valence electrons. The smallest absolute Gasteiger partial charge is 0.351 e. The van der Waals surface area contributed by atoms with Gasteiger partial charge in [0.1, 0.15) is 0 Å². The first-order chi connectivity index (χ1) is 18.1. The molecule has 0 unspecified atom stereocenters. The highest BCUT2D eigenvalue weighted by molar-refractivity contribution is 5.95. The zero-order chi connectivity index (χ0) is 27.4. The summed E-state index contributed by atoms with van der Waals surface area (Å²) in [5, 5.41) is 2.89. The van der Waals surface area contributed by atoms with Gasteiger partial charge in [-0.15, -0.1) is 0 Å². The molecule has 4 aromatic rings. The molecule has 0 aliphatic heterocycles. The molecule has 0 atom stereocenters. The van der Waals surface area contributed by atoms with Gasteiger partial charge in [0.05, 0.1) is 22.6 Å². The first-order valence-electron chi connectivity index (χ1n) is 12.6. The third-order valence-electron chi connectivity index (χ3n) is 6.47. The number of likely N-dealkylation sites (N-methyl/N-ethyl adjacent to an activating group) is 1. The van der Waals surface area contributed by atoms with Gasteiger partial charge in [-0.25, -0.2) is 0 Å². The van der Waals surface area contributed by atoms with Gasteiger partial charge in [-0.1, -0.05) is 62.4 Å². The minimum Gasteiger partial charge on any atom is -0.351 e. The number of alkyl halides is 3. The minimum absolute atomic E-state index is 0.0313. The van der Waals surface area contributed by atoms with Crippen molar-refractivity contribution in [3.05, 3.63) is 102 Å². The number of para-hydroxylation sites is 1. The first-order valence-corrected chi connectivity index (χ1v) is 12.6. The number of halogens is 3. The number of rotatable bonds is 8. The number of carbonyl (C=O) groups is 1. The molecule has 0 spiro atoms. The van der Waals surface area contributed by atoms with Gasteiger partial charge in [0, 0.05) is 18.7 Å². The quantitative estimate of drug-likeness (QED) is 0.266. The molecule has 4 nitrogen and oxygen atoms in total. The molecule has 38 heavy (non-hydrogen) atoms. The molecule has 1 aromatic heterocycles. The number of benzene rings is 3. The number of amides is 1. The van der Waals surface area contributed by atoms with Gasteiger partial charge in [-0.05, 0) is 73.1 Å². The van der Waals surface area contributed by atoms with Crippen molar-refractivity contribution in [1.29, 1.82) is 0 Å². The van der Waals surface area contributed by atoms with Crippen LogP contribution in [0, 0.1) is 0 Å². The predicted molar refractivity (Wildman–Crippen MR) is 147 cm³/mol. The van der Waals surface area contributed by atoms with Gasteiger partial charge >= 0.3 is 6.18 Å². The lowest BCUT2D eigenvalue weighted by Gasteiger charge is -2.20. The Morgan fingerprint density at radius 2 is 1.53 bits per heavy atom. The van der Waals surface area contributed by atoms with Crippen molar-refractivity contribution in [2.24, 2.45) is 0 Å². The first kappa shape index (κ1) is 27.2. The van der Waals surface area contributed by atoms with Crippen molar-refractivity contribution < 1.29 is 18.0 Å². The zero-order valence-electron chi connectivity index (χ0n) is 22.0. The van der Waals surface area contributed by atoms with Gasteiger partial charge in [-0.2, -0.15) is 13.2 Å². The molecule has 1 heterocycles. The summed E-state index contributed by atoms with van der Waals surface area (Å²) in [5.74, 6) is 0.107. The Kier molecular flexibility index (Phi) is 8.07. The van der Waals surface area contributed by atoms with E-state index in [9.17, 15) is 18.0 Å². The van der Waals surface area contributed by atoms with Crippen LogP contribution in [0.25, 0.3) is 28.2 Å². The fourth-order valence-electron chi connectivity index (χ4n) is 4.41. The molecule has 0 aliphatic rings. The molecule has 0 aliphatic carbocycles. The largest absolute Gasteiger partial charge is 0.418 e. The highest BCUT2D eigenvalue weighted by atomic mass is 19.4. The molecule has 1 N–H and O–H groups in total. The third kappa shape index (κ3) is 6.00. The highest BCUT2D eigenvalue weighted by Crippen LogP contribution is 2.39. The summed E-state index contributed by atoms with van der Waals surface area (Å²) in [6.07, 6.45) is -4.54. The van der Waals surface area contributed by atoms with Crippen LogP contribution in [-0.4, -0.2) is 42.6 Å². The summed E-state index contributed by atoms with van der Waals surface area (Å²) in [7, 11) is 3.85. The van der Waals surface area contributed by atoms with E-state index in [1.165, 1.54) is 12.1 Å². The van der Waals surface area contributed by atoms with E-state index in [1.807, 2.05) is 61.5 Å². The average molecular weight is 520 g/mol. The normalized spacial score (nSPS) is 11.8. The number of aromatic nitrogens is 1. The molecule has 0 saturated heterocycles. The van der Waals surface area contributed by atoms with E-state index in [4.69, 9.17) is 0 Å². The summed E-state index contributed by atoms with van der Waals surface area (Å²) >= 11 is 0. The maximum absolute atomic E-state index is 14.1. The lowest BCUT2D eigenvalue weighted by atomic mass is 10.0. The van der Waals surface area contributed by atoms with Crippen LogP contribution in [0.5, 0.6) is 0 Å². The average Bonchev–Trinajstić information content (AvgIpc) is 3.33. The van der Waals surface area contributed by atoms with Crippen LogP contribution in [0.15, 0.2) is 84.9 Å². The van der Waals surface area contributed by atoms with Crippen molar-refractivity contribution in [3.63, 3.8) is 0 Å². The maximum atomic E-state index is 14.1. The van der Waals surface area contributed by atoms with Crippen molar-refractivity contribution in [2.75, 3.05) is 27.2 Å². The lowest BCUT2D eigenvalue weighted by Crippen LogP contribution is -2.31. The van der Waals surface area contributed by atoms with Crippen LogP contribution in [0.4, 0.5) is 13.2 Å². The summed E-state index contributed by atoms with van der Waals surface area (Å²) < 4.78 is 44.0. The number of nitrogens with one attached hydrogen (secondary N) is 1. The molecular formula is C31H32F3N3O. The van der Waals surface area contributed by atoms with E-state index in [2.05, 4.69) is 19.2 Å². The maximum Gasteiger partial charge on any atom is 0.418 e. The van der Waals surface area contributed by atoms with E-state index in [0.717, 1.165) is 17.2 Å². The molecule has 3 aromatic carbocycles. The second kappa shape index (κ2) is 11.3. The van der Waals surface area contributed by atoms with Crippen LogP contribution < -0.4 is 5.32 Å². The molecular weight excluding hydrogens is 487 g/mol. The summed E-state index contributed by atoms with van der Waals surface area (Å²) in [5.41, 5.74) is 3.54. The van der Waals surface area contributed by atoms with Crippen molar-refractivity contribution in [3.8, 4) is 28.2 Å². The lowest BCUT2D eigenvalue weighted by molar-refractivity contribution is -0.137. The molecule has 0 fully saturated rings. The number of nitrogens with zero attached hydrogens (tertiary/aromatic N) is 2. The van der Waals surface area contributed by atoms with E-state index < -0.39 is 11.7 Å². The van der Waals surface area contributed by atoms with E-state index in [0.29, 0.717) is 41.5 Å². The fraction of sp³-hybridized carbons (Fsp3) is 0.258. The van der Waals surface area contributed by atoms with Crippen molar-refractivity contribution >= 4 is 5.91 Å². The summed E-state index contributed by atoms with van der Waals surface area (Å²) in [6, 6.07) is 24.1. The topological polar surface area (TPSA) is 37.3 Å². The monoisotopic (exact) mass is 519 g/mol. The Morgan fingerprint density at radius 1 is 0.868 bits per heavy atom. The number of hydrogen-bond donors (Lipinski definition) is 1. The Morgan fingerprint density at radius 3 is 2.16 bits per heavy atom. The molecule has 0 saturated carbocycles. The van der Waals surface area contributed by atoms with Crippen LogP contribution in [0.3, 0.4) is 0 Å². The second-order valence-electron chi connectivity index (χ2n) is 9.87. The van der Waals surface area contributed by atoms with Crippen molar-refractivity contribution in [1.82, 2.24) is 14.8 Å². The second-order valence-corrected chi connectivity index (χ2v) is 9.87. The van der Waals surface area contributed by atoms with Gasteiger partial charge in [0.25, 0.3) is 5.91 Å². The van der Waals surface area contributed by atoms with Crippen LogP contribution in [-0.2, 0) is 6.18 Å². The molecule has 0 radical (unpaired) electrons. The Balaban J connectivity index is 1.85. The minimum atomic E-state index is -4.54. The van der Waals surface area contributed by atoms with E-state index >= 15 is 0 Å². The predicted octanol–water partition coefficient (Wildman–Crippen LogP) is 7.24. The number of carbonyl (C=O) groups excluding carboxylic acids is 1. The Bertz CT molecular complexity index is 1400. The van der Waals surface area contributed by atoms with Crippen LogP contribution in [0.1, 0.15) is 41.3 Å². The molecule has 7 heteroatoms. The SMILES string of the molecule is CC(C)c1ccc(-c2ccc(-c3cccc(C(=O)NCCN(C)C)c3)n2-c2ccccc2C(F)(F)F)cc1. The number of hydrogen-bond acceptors (Lipinski definition) is 2. The fourth-order valence-corrected chi connectivity index (χ4v) is 4.41. The van der Waals surface area contributed by atoms with Crippen LogP contribution in [0.2, 0.25) is 0 Å². The summed E-state index contributed by atoms with van der Waals surface area (Å²) in [4.78, 5) is 14.7. The van der Waals surface area contributed by atoms with Gasteiger partial charge in [0.15, 0.2) is 0 Å². The molecule has 4 rings (SSSR count). The van der Waals surface area contributed by atoms with Crippen molar-refractivity contribution in [2.45, 2.75) is 25.9 Å². The highest BCUT2D eigenvalue weighted by Gasteiger charge is 2.34. The van der Waals surface area contributed by atoms with E-state index in [-0.39, 0.29) is 11.6 Å². The standard InChI is InChI=1S/C31H32F3N3O/c1-21(2)22-12-14-23(15-13-22)27-16-17-28(37(27)29-11-6-5-10-26(29)31(32,33)34)24-8-7-9-25(20-24)30(38)35-18-19-36(3)4/h5-17,20-21H,18-19H2,1-4H3,(H,35,38). The van der Waals surface area contributed by atoms with Gasteiger partial charge in [-0.3, -0.25) is 4.79 Å². The Hall–Kier alpha value is -3.84. The van der Waals surface area contributed by atoms with Gasteiger partial charge < -0.3 is 14.8 Å². The summed E-state index contributed by atoms with van der Waals surface area (Å²) in [6.45, 7) is 5.38. The van der Waals surface area contributed by atoms with E-state index in [1.54, 1.807) is 28.8 Å². The van der Waals surface area contributed by atoms with Gasteiger partial charge in [0.2, 0.25) is 0 Å². The zero-order valence-corrected chi connectivity index (χ0v) is 22.0.